The van der Waals surface area contributed by atoms with Crippen LogP contribution in [0, 0.1) is 0 Å². The van der Waals surface area contributed by atoms with E-state index in [4.69, 9.17) is 5.73 Å². The van der Waals surface area contributed by atoms with Crippen LogP contribution < -0.4 is 5.73 Å². The second-order valence-corrected chi connectivity index (χ2v) is 5.38. The number of hydrogen-bond acceptors (Lipinski definition) is 4. The fourth-order valence-corrected chi connectivity index (χ4v) is 3.07. The average Bonchev–Trinajstić information content (AvgIpc) is 2.46. The van der Waals surface area contributed by atoms with Crippen molar-refractivity contribution in [3.05, 3.63) is 23.9 Å². The average molecular weight is 260 g/mol. The minimum atomic E-state index is 0.0116. The van der Waals surface area contributed by atoms with Crippen LogP contribution >= 0.6 is 0 Å². The number of nitrogens with two attached hydrogens (primary N) is 1. The number of pyridine rings is 1. The van der Waals surface area contributed by atoms with Crippen LogP contribution in [-0.4, -0.2) is 52.9 Å². The molecular weight excluding hydrogens is 240 g/mol. The summed E-state index contributed by atoms with van der Waals surface area (Å²) in [6.45, 7) is 3.79. The van der Waals surface area contributed by atoms with Gasteiger partial charge in [0, 0.05) is 25.7 Å². The number of carbonyl (C=O) groups excluding carboxylic acids is 1. The first-order valence-corrected chi connectivity index (χ1v) is 7.00. The molecule has 0 saturated carbocycles. The van der Waals surface area contributed by atoms with Crippen molar-refractivity contribution in [2.45, 2.75) is 25.3 Å². The normalized spacial score (nSPS) is 24.0. The van der Waals surface area contributed by atoms with E-state index in [1.807, 2.05) is 4.90 Å². The van der Waals surface area contributed by atoms with Crippen molar-refractivity contribution in [1.82, 2.24) is 14.8 Å². The number of anilines is 1. The van der Waals surface area contributed by atoms with Crippen molar-refractivity contribution in [3.63, 3.8) is 0 Å². The van der Waals surface area contributed by atoms with Crippen LogP contribution in [0.15, 0.2) is 18.2 Å². The van der Waals surface area contributed by atoms with Gasteiger partial charge in [0.1, 0.15) is 11.5 Å². The van der Waals surface area contributed by atoms with Gasteiger partial charge in [0.2, 0.25) is 0 Å². The SMILES string of the molecule is Nc1cccc(C(=O)N2CCN3CCCCC3C2)n1. The molecule has 0 spiro atoms. The van der Waals surface area contributed by atoms with Crippen LogP contribution in [-0.2, 0) is 0 Å². The molecule has 0 aromatic carbocycles. The fraction of sp³-hybridized carbons (Fsp3) is 0.571. The number of amides is 1. The van der Waals surface area contributed by atoms with Gasteiger partial charge in [-0.15, -0.1) is 0 Å². The lowest BCUT2D eigenvalue weighted by atomic mass is 9.99. The Balaban J connectivity index is 1.71. The molecule has 0 aliphatic carbocycles. The Morgan fingerprint density at radius 2 is 2.16 bits per heavy atom. The quantitative estimate of drug-likeness (QED) is 0.817. The molecule has 1 aromatic rings. The van der Waals surface area contributed by atoms with Gasteiger partial charge in [-0.1, -0.05) is 12.5 Å². The standard InChI is InChI=1S/C14H20N4O/c15-13-6-3-5-12(16-13)14(19)18-9-8-17-7-2-1-4-11(17)10-18/h3,5-6,11H,1-2,4,7-10H2,(H2,15,16). The van der Waals surface area contributed by atoms with Gasteiger partial charge < -0.3 is 10.6 Å². The number of nitrogens with zero attached hydrogens (tertiary/aromatic N) is 3. The molecule has 1 amide bonds. The highest BCUT2D eigenvalue weighted by atomic mass is 16.2. The van der Waals surface area contributed by atoms with E-state index in [1.54, 1.807) is 18.2 Å². The minimum Gasteiger partial charge on any atom is -0.384 e. The summed E-state index contributed by atoms with van der Waals surface area (Å²) in [5.41, 5.74) is 6.10. The van der Waals surface area contributed by atoms with Crippen molar-refractivity contribution in [1.29, 1.82) is 0 Å². The fourth-order valence-electron chi connectivity index (χ4n) is 3.07. The van der Waals surface area contributed by atoms with Gasteiger partial charge in [0.25, 0.3) is 5.91 Å². The molecule has 1 aromatic heterocycles. The Kier molecular flexibility index (Phi) is 3.38. The predicted octanol–water partition coefficient (Wildman–Crippen LogP) is 0.974. The van der Waals surface area contributed by atoms with Crippen molar-refractivity contribution in [2.24, 2.45) is 0 Å². The zero-order valence-electron chi connectivity index (χ0n) is 11.1. The van der Waals surface area contributed by atoms with Crippen LogP contribution in [0.5, 0.6) is 0 Å². The monoisotopic (exact) mass is 260 g/mol. The maximum atomic E-state index is 12.4. The maximum absolute atomic E-state index is 12.4. The summed E-state index contributed by atoms with van der Waals surface area (Å²) in [7, 11) is 0. The van der Waals surface area contributed by atoms with E-state index in [1.165, 1.54) is 25.8 Å². The van der Waals surface area contributed by atoms with Gasteiger partial charge in [-0.05, 0) is 31.5 Å². The van der Waals surface area contributed by atoms with Gasteiger partial charge in [-0.2, -0.15) is 0 Å². The highest BCUT2D eigenvalue weighted by Crippen LogP contribution is 2.21. The summed E-state index contributed by atoms with van der Waals surface area (Å²) in [6.07, 6.45) is 3.77. The van der Waals surface area contributed by atoms with Gasteiger partial charge in [-0.3, -0.25) is 9.69 Å². The number of hydrogen-bond donors (Lipinski definition) is 1. The molecule has 1 unspecified atom stereocenters. The zero-order valence-corrected chi connectivity index (χ0v) is 11.1. The molecule has 0 radical (unpaired) electrons. The topological polar surface area (TPSA) is 62.5 Å². The van der Waals surface area contributed by atoms with E-state index in [9.17, 15) is 4.79 Å². The summed E-state index contributed by atoms with van der Waals surface area (Å²) in [6, 6.07) is 5.77. The number of aromatic nitrogens is 1. The first-order chi connectivity index (χ1) is 9.24. The molecule has 5 nitrogen and oxygen atoms in total. The van der Waals surface area contributed by atoms with Gasteiger partial charge in [-0.25, -0.2) is 4.98 Å². The molecule has 5 heteroatoms. The molecule has 19 heavy (non-hydrogen) atoms. The highest BCUT2D eigenvalue weighted by molar-refractivity contribution is 5.92. The van der Waals surface area contributed by atoms with E-state index in [-0.39, 0.29) is 5.91 Å². The first-order valence-electron chi connectivity index (χ1n) is 7.00. The van der Waals surface area contributed by atoms with E-state index in [0.717, 1.165) is 19.6 Å². The van der Waals surface area contributed by atoms with Crippen molar-refractivity contribution in [3.8, 4) is 0 Å². The summed E-state index contributed by atoms with van der Waals surface area (Å²) >= 11 is 0. The molecule has 2 aliphatic rings. The van der Waals surface area contributed by atoms with Crippen LogP contribution in [0.4, 0.5) is 5.82 Å². The van der Waals surface area contributed by atoms with Crippen molar-refractivity contribution in [2.75, 3.05) is 31.9 Å². The third-order valence-corrected chi connectivity index (χ3v) is 4.11. The van der Waals surface area contributed by atoms with Crippen molar-refractivity contribution < 1.29 is 4.79 Å². The summed E-state index contributed by atoms with van der Waals surface area (Å²) in [5.74, 6) is 0.416. The van der Waals surface area contributed by atoms with Gasteiger partial charge in [0.05, 0.1) is 0 Å². The Morgan fingerprint density at radius 3 is 3.00 bits per heavy atom. The summed E-state index contributed by atoms with van der Waals surface area (Å²) in [5, 5.41) is 0. The Labute approximate surface area is 113 Å². The Morgan fingerprint density at radius 1 is 1.26 bits per heavy atom. The van der Waals surface area contributed by atoms with E-state index >= 15 is 0 Å². The van der Waals surface area contributed by atoms with Crippen molar-refractivity contribution >= 4 is 11.7 Å². The maximum Gasteiger partial charge on any atom is 0.272 e. The number of piperazine rings is 1. The number of nitrogen functional groups attached to an aromatic ring is 1. The predicted molar refractivity (Wildman–Crippen MR) is 73.8 cm³/mol. The third-order valence-electron chi connectivity index (χ3n) is 4.11. The molecule has 2 saturated heterocycles. The van der Waals surface area contributed by atoms with Crippen LogP contribution in [0.25, 0.3) is 0 Å². The molecule has 2 fully saturated rings. The molecule has 1 atom stereocenters. The highest BCUT2D eigenvalue weighted by Gasteiger charge is 2.31. The Hall–Kier alpha value is -1.62. The van der Waals surface area contributed by atoms with E-state index < -0.39 is 0 Å². The molecule has 3 rings (SSSR count). The molecule has 2 aliphatic heterocycles. The summed E-state index contributed by atoms with van der Waals surface area (Å²) < 4.78 is 0. The minimum absolute atomic E-state index is 0.0116. The summed E-state index contributed by atoms with van der Waals surface area (Å²) in [4.78, 5) is 21.0. The Bertz CT molecular complexity index is 476. The molecule has 2 N–H and O–H groups in total. The van der Waals surface area contributed by atoms with E-state index in [0.29, 0.717) is 17.6 Å². The first kappa shape index (κ1) is 12.4. The smallest absolute Gasteiger partial charge is 0.272 e. The van der Waals surface area contributed by atoms with Crippen LogP contribution in [0.3, 0.4) is 0 Å². The van der Waals surface area contributed by atoms with E-state index in [2.05, 4.69) is 9.88 Å². The van der Waals surface area contributed by atoms with Crippen LogP contribution in [0.2, 0.25) is 0 Å². The van der Waals surface area contributed by atoms with Crippen LogP contribution in [0.1, 0.15) is 29.8 Å². The lowest BCUT2D eigenvalue weighted by Gasteiger charge is -2.43. The molecule has 3 heterocycles. The molecule has 102 valence electrons. The molecular formula is C14H20N4O. The number of carbonyl (C=O) groups is 1. The third kappa shape index (κ3) is 2.56. The number of rotatable bonds is 1. The lowest BCUT2D eigenvalue weighted by molar-refractivity contribution is 0.0368. The number of piperidine rings is 1. The van der Waals surface area contributed by atoms with Gasteiger partial charge >= 0.3 is 0 Å². The second kappa shape index (κ2) is 5.17. The van der Waals surface area contributed by atoms with Gasteiger partial charge in [0.15, 0.2) is 0 Å². The number of fused-ring (bicyclic) bond motifs is 1. The second-order valence-electron chi connectivity index (χ2n) is 5.38. The zero-order chi connectivity index (χ0) is 13.2. The molecule has 0 bridgehead atoms. The lowest BCUT2D eigenvalue weighted by Crippen LogP contribution is -2.56. The largest absolute Gasteiger partial charge is 0.384 e.